The molecule has 0 spiro atoms. The summed E-state index contributed by atoms with van der Waals surface area (Å²) < 4.78 is 0. The minimum absolute atomic E-state index is 0.0274. The molecule has 0 bridgehead atoms. The maximum absolute atomic E-state index is 11.9. The summed E-state index contributed by atoms with van der Waals surface area (Å²) in [6.45, 7) is 0.369. The number of carboxylic acids is 1. The molecule has 1 amide bonds. The number of carboxylic acid groups (broad SMARTS) is 1. The molecule has 1 fully saturated rings. The number of aromatic nitrogens is 2. The number of nitrogens with zero attached hydrogens (tertiary/aromatic N) is 1. The molecule has 1 aromatic rings. The van der Waals surface area contributed by atoms with Crippen LogP contribution in [0.2, 0.25) is 0 Å². The molecule has 7 heteroatoms. The minimum atomic E-state index is -1.22. The Morgan fingerprint density at radius 2 is 2.11 bits per heavy atom. The van der Waals surface area contributed by atoms with Crippen LogP contribution in [0, 0.1) is 5.41 Å². The Morgan fingerprint density at radius 3 is 2.68 bits per heavy atom. The zero-order valence-electron chi connectivity index (χ0n) is 10.5. The van der Waals surface area contributed by atoms with Crippen molar-refractivity contribution >= 4 is 11.9 Å². The Morgan fingerprint density at radius 1 is 1.42 bits per heavy atom. The van der Waals surface area contributed by atoms with E-state index >= 15 is 0 Å². The highest BCUT2D eigenvalue weighted by atomic mass is 16.4. The van der Waals surface area contributed by atoms with E-state index in [0.29, 0.717) is 6.54 Å². The van der Waals surface area contributed by atoms with E-state index in [2.05, 4.69) is 15.3 Å². The van der Waals surface area contributed by atoms with Crippen molar-refractivity contribution in [2.24, 2.45) is 5.41 Å². The third kappa shape index (κ3) is 2.76. The maximum Gasteiger partial charge on any atom is 0.354 e. The van der Waals surface area contributed by atoms with Crippen LogP contribution in [0.3, 0.4) is 0 Å². The molecule has 1 aliphatic carbocycles. The molecule has 2 rings (SSSR count). The van der Waals surface area contributed by atoms with E-state index in [-0.39, 0.29) is 23.4 Å². The van der Waals surface area contributed by atoms with Gasteiger partial charge in [0.15, 0.2) is 11.4 Å². The van der Waals surface area contributed by atoms with Crippen molar-refractivity contribution in [1.82, 2.24) is 15.3 Å². The average Bonchev–Trinajstić information content (AvgIpc) is 3.05. The number of hydrogen-bond acceptors (Lipinski definition) is 4. The van der Waals surface area contributed by atoms with Gasteiger partial charge in [-0.3, -0.25) is 4.79 Å². The molecule has 1 aromatic heterocycles. The Labute approximate surface area is 110 Å². The molecule has 0 atom stereocenters. The SMILES string of the molecule is O=C(NCC1(CO)CCCC1)c1nc[nH]c1C(=O)O. The summed E-state index contributed by atoms with van der Waals surface area (Å²) >= 11 is 0. The Balaban J connectivity index is 2.01. The van der Waals surface area contributed by atoms with Gasteiger partial charge >= 0.3 is 5.97 Å². The first-order chi connectivity index (χ1) is 9.08. The van der Waals surface area contributed by atoms with Crippen molar-refractivity contribution in [3.05, 3.63) is 17.7 Å². The van der Waals surface area contributed by atoms with Crippen LogP contribution in [-0.4, -0.2) is 45.2 Å². The molecule has 0 aromatic carbocycles. The molecular formula is C12H17N3O4. The summed E-state index contributed by atoms with van der Waals surface area (Å²) in [6, 6.07) is 0. The molecular weight excluding hydrogens is 250 g/mol. The largest absolute Gasteiger partial charge is 0.477 e. The van der Waals surface area contributed by atoms with Gasteiger partial charge in [0.1, 0.15) is 0 Å². The summed E-state index contributed by atoms with van der Waals surface area (Å²) in [6.07, 6.45) is 5.00. The summed E-state index contributed by atoms with van der Waals surface area (Å²) in [5.41, 5.74) is -0.615. The number of amides is 1. The molecule has 1 aliphatic rings. The van der Waals surface area contributed by atoms with Crippen LogP contribution in [0.4, 0.5) is 0 Å². The van der Waals surface area contributed by atoms with Crippen molar-refractivity contribution in [2.45, 2.75) is 25.7 Å². The number of aliphatic hydroxyl groups excluding tert-OH is 1. The van der Waals surface area contributed by atoms with Gasteiger partial charge in [0.25, 0.3) is 5.91 Å². The quantitative estimate of drug-likeness (QED) is 0.616. The highest BCUT2D eigenvalue weighted by molar-refractivity contribution is 6.02. The first-order valence-electron chi connectivity index (χ1n) is 6.24. The fourth-order valence-corrected chi connectivity index (χ4v) is 2.50. The van der Waals surface area contributed by atoms with Crippen molar-refractivity contribution in [2.75, 3.05) is 13.2 Å². The van der Waals surface area contributed by atoms with Gasteiger partial charge in [0.2, 0.25) is 0 Å². The second kappa shape index (κ2) is 5.40. The molecule has 0 unspecified atom stereocenters. The lowest BCUT2D eigenvalue weighted by Gasteiger charge is -2.26. The fourth-order valence-electron chi connectivity index (χ4n) is 2.50. The number of carbonyl (C=O) groups is 2. The number of nitrogens with one attached hydrogen (secondary N) is 2. The van der Waals surface area contributed by atoms with Gasteiger partial charge in [-0.15, -0.1) is 0 Å². The van der Waals surface area contributed by atoms with Crippen LogP contribution >= 0.6 is 0 Å². The zero-order valence-corrected chi connectivity index (χ0v) is 10.5. The lowest BCUT2D eigenvalue weighted by Crippen LogP contribution is -2.38. The zero-order chi connectivity index (χ0) is 13.9. The van der Waals surface area contributed by atoms with E-state index in [1.54, 1.807) is 0 Å². The molecule has 0 radical (unpaired) electrons. The van der Waals surface area contributed by atoms with E-state index in [1.165, 1.54) is 6.33 Å². The summed E-state index contributed by atoms with van der Waals surface area (Å²) in [4.78, 5) is 28.9. The lowest BCUT2D eigenvalue weighted by molar-refractivity contribution is 0.0683. The Kier molecular flexibility index (Phi) is 3.84. The van der Waals surface area contributed by atoms with E-state index < -0.39 is 11.9 Å². The molecule has 19 heavy (non-hydrogen) atoms. The van der Waals surface area contributed by atoms with Crippen LogP contribution < -0.4 is 5.32 Å². The van der Waals surface area contributed by atoms with Gasteiger partial charge in [0.05, 0.1) is 12.9 Å². The van der Waals surface area contributed by atoms with Crippen molar-refractivity contribution < 1.29 is 19.8 Å². The second-order valence-corrected chi connectivity index (χ2v) is 4.98. The van der Waals surface area contributed by atoms with Crippen LogP contribution in [0.25, 0.3) is 0 Å². The molecule has 4 N–H and O–H groups in total. The molecule has 0 saturated heterocycles. The number of aromatic carboxylic acids is 1. The van der Waals surface area contributed by atoms with Crippen molar-refractivity contribution in [1.29, 1.82) is 0 Å². The first kappa shape index (κ1) is 13.5. The topological polar surface area (TPSA) is 115 Å². The van der Waals surface area contributed by atoms with Crippen LogP contribution in [0.1, 0.15) is 46.7 Å². The second-order valence-electron chi connectivity index (χ2n) is 4.98. The summed E-state index contributed by atoms with van der Waals surface area (Å²) in [7, 11) is 0. The van der Waals surface area contributed by atoms with Gasteiger partial charge in [-0.05, 0) is 12.8 Å². The van der Waals surface area contributed by atoms with Gasteiger partial charge in [-0.25, -0.2) is 9.78 Å². The average molecular weight is 267 g/mol. The molecule has 0 aliphatic heterocycles. The maximum atomic E-state index is 11.9. The van der Waals surface area contributed by atoms with E-state index in [1.807, 2.05) is 0 Å². The molecule has 1 heterocycles. The highest BCUT2D eigenvalue weighted by Gasteiger charge is 2.34. The first-order valence-corrected chi connectivity index (χ1v) is 6.24. The van der Waals surface area contributed by atoms with E-state index in [0.717, 1.165) is 25.7 Å². The fraction of sp³-hybridized carbons (Fsp3) is 0.583. The van der Waals surface area contributed by atoms with Crippen LogP contribution in [0.5, 0.6) is 0 Å². The predicted molar refractivity (Wildman–Crippen MR) is 65.9 cm³/mol. The summed E-state index contributed by atoms with van der Waals surface area (Å²) in [5.74, 6) is -1.75. The summed E-state index contributed by atoms with van der Waals surface area (Å²) in [5, 5.41) is 21.0. The third-order valence-electron chi connectivity index (χ3n) is 3.69. The van der Waals surface area contributed by atoms with Gasteiger partial charge in [-0.2, -0.15) is 0 Å². The predicted octanol–water partition coefficient (Wildman–Crippen LogP) is 0.390. The van der Waals surface area contributed by atoms with E-state index in [9.17, 15) is 14.7 Å². The smallest absolute Gasteiger partial charge is 0.354 e. The monoisotopic (exact) mass is 267 g/mol. The number of H-pyrrole nitrogens is 1. The Hall–Kier alpha value is -1.89. The van der Waals surface area contributed by atoms with Gasteiger partial charge in [-0.1, -0.05) is 12.8 Å². The molecule has 1 saturated carbocycles. The number of imidazole rings is 1. The number of aromatic amines is 1. The van der Waals surface area contributed by atoms with Gasteiger partial charge in [0, 0.05) is 12.0 Å². The normalized spacial score (nSPS) is 17.3. The van der Waals surface area contributed by atoms with Crippen LogP contribution in [-0.2, 0) is 0 Å². The number of aliphatic hydroxyl groups is 1. The van der Waals surface area contributed by atoms with Crippen molar-refractivity contribution in [3.63, 3.8) is 0 Å². The minimum Gasteiger partial charge on any atom is -0.477 e. The van der Waals surface area contributed by atoms with Crippen molar-refractivity contribution in [3.8, 4) is 0 Å². The molecule has 7 nitrogen and oxygen atoms in total. The number of carbonyl (C=O) groups excluding carboxylic acids is 1. The molecule has 104 valence electrons. The van der Waals surface area contributed by atoms with E-state index in [4.69, 9.17) is 5.11 Å². The standard InChI is InChI=1S/C12H17N3O4/c16-6-12(3-1-2-4-12)5-13-10(17)8-9(11(18)19)15-7-14-8/h7,16H,1-6H2,(H,13,17)(H,14,15)(H,18,19). The van der Waals surface area contributed by atoms with Crippen LogP contribution in [0.15, 0.2) is 6.33 Å². The van der Waals surface area contributed by atoms with Gasteiger partial charge < -0.3 is 20.5 Å². The Bertz CT molecular complexity index is 477. The third-order valence-corrected chi connectivity index (χ3v) is 3.69. The number of rotatable bonds is 5. The highest BCUT2D eigenvalue weighted by Crippen LogP contribution is 2.36. The lowest BCUT2D eigenvalue weighted by atomic mass is 9.87. The number of hydrogen-bond donors (Lipinski definition) is 4.